The third-order valence-corrected chi connectivity index (χ3v) is 3.78. The zero-order chi connectivity index (χ0) is 14.4. The molecular formula is C15H16O4S. The van der Waals surface area contributed by atoms with Crippen molar-refractivity contribution in [1.82, 2.24) is 0 Å². The van der Waals surface area contributed by atoms with Gasteiger partial charge in [-0.15, -0.1) is 11.3 Å². The van der Waals surface area contributed by atoms with Crippen LogP contribution in [0, 0.1) is 5.92 Å². The van der Waals surface area contributed by atoms with Gasteiger partial charge in [0.05, 0.1) is 13.0 Å². The average molecular weight is 292 g/mol. The Bertz CT molecular complexity index is 551. The van der Waals surface area contributed by atoms with E-state index in [4.69, 9.17) is 9.47 Å². The van der Waals surface area contributed by atoms with Crippen LogP contribution in [0.4, 0.5) is 0 Å². The van der Waals surface area contributed by atoms with Crippen LogP contribution in [0.2, 0.25) is 0 Å². The van der Waals surface area contributed by atoms with E-state index in [1.807, 2.05) is 29.6 Å². The molecule has 0 aliphatic rings. The van der Waals surface area contributed by atoms with Crippen molar-refractivity contribution >= 4 is 17.3 Å². The van der Waals surface area contributed by atoms with E-state index in [9.17, 15) is 9.90 Å². The number of hydrogen-bond acceptors (Lipinski definition) is 4. The van der Waals surface area contributed by atoms with Crippen molar-refractivity contribution in [2.75, 3.05) is 13.7 Å². The van der Waals surface area contributed by atoms with Gasteiger partial charge in [-0.05, 0) is 30.0 Å². The van der Waals surface area contributed by atoms with Crippen molar-refractivity contribution in [1.29, 1.82) is 0 Å². The summed E-state index contributed by atoms with van der Waals surface area (Å²) in [4.78, 5) is 12.3. The second kappa shape index (κ2) is 6.96. The topological polar surface area (TPSA) is 55.8 Å². The molecule has 1 aromatic heterocycles. The second-order valence-electron chi connectivity index (χ2n) is 4.28. The molecule has 1 N–H and O–H groups in total. The predicted molar refractivity (Wildman–Crippen MR) is 77.6 cm³/mol. The van der Waals surface area contributed by atoms with E-state index < -0.39 is 11.9 Å². The smallest absolute Gasteiger partial charge is 0.310 e. The van der Waals surface area contributed by atoms with Crippen molar-refractivity contribution in [3.05, 3.63) is 46.7 Å². The van der Waals surface area contributed by atoms with Crippen molar-refractivity contribution in [2.45, 2.75) is 6.42 Å². The number of carboxylic acid groups (broad SMARTS) is 1. The molecule has 1 unspecified atom stereocenters. The van der Waals surface area contributed by atoms with Crippen LogP contribution < -0.4 is 9.47 Å². The maximum atomic E-state index is 11.3. The molecule has 1 aromatic carbocycles. The number of carbonyl (C=O) groups is 1. The van der Waals surface area contributed by atoms with Crippen LogP contribution in [-0.4, -0.2) is 24.8 Å². The van der Waals surface area contributed by atoms with Crippen LogP contribution in [0.25, 0.3) is 0 Å². The molecule has 0 spiro atoms. The molecule has 0 aliphatic carbocycles. The Balaban J connectivity index is 2.00. The molecule has 2 aromatic rings. The highest BCUT2D eigenvalue weighted by atomic mass is 32.1. The summed E-state index contributed by atoms with van der Waals surface area (Å²) in [6.45, 7) is 0.119. The highest BCUT2D eigenvalue weighted by Gasteiger charge is 2.20. The molecule has 1 atom stereocenters. The van der Waals surface area contributed by atoms with Crippen molar-refractivity contribution in [3.8, 4) is 11.5 Å². The zero-order valence-electron chi connectivity index (χ0n) is 11.1. The lowest BCUT2D eigenvalue weighted by Crippen LogP contribution is -2.23. The van der Waals surface area contributed by atoms with Crippen molar-refractivity contribution in [3.63, 3.8) is 0 Å². The molecule has 5 heteroatoms. The normalized spacial score (nSPS) is 11.8. The van der Waals surface area contributed by atoms with Crippen molar-refractivity contribution in [2.24, 2.45) is 5.92 Å². The van der Waals surface area contributed by atoms with E-state index in [1.54, 1.807) is 30.6 Å². The fourth-order valence-electron chi connectivity index (χ4n) is 1.82. The van der Waals surface area contributed by atoms with Gasteiger partial charge in [0.15, 0.2) is 11.5 Å². The van der Waals surface area contributed by atoms with Gasteiger partial charge in [0.1, 0.15) is 6.61 Å². The van der Waals surface area contributed by atoms with Crippen LogP contribution >= 0.6 is 11.3 Å². The largest absolute Gasteiger partial charge is 0.493 e. The lowest BCUT2D eigenvalue weighted by Gasteiger charge is -2.14. The molecule has 4 nitrogen and oxygen atoms in total. The summed E-state index contributed by atoms with van der Waals surface area (Å²) < 4.78 is 10.8. The van der Waals surface area contributed by atoms with E-state index in [2.05, 4.69) is 0 Å². The van der Waals surface area contributed by atoms with E-state index in [0.29, 0.717) is 17.9 Å². The fraction of sp³-hybridized carbons (Fsp3) is 0.267. The summed E-state index contributed by atoms with van der Waals surface area (Å²) >= 11 is 1.55. The number of ether oxygens (including phenoxy) is 2. The zero-order valence-corrected chi connectivity index (χ0v) is 11.9. The van der Waals surface area contributed by atoms with Gasteiger partial charge in [0, 0.05) is 4.88 Å². The number of para-hydroxylation sites is 2. The van der Waals surface area contributed by atoms with Gasteiger partial charge in [-0.25, -0.2) is 0 Å². The molecule has 0 fully saturated rings. The van der Waals surface area contributed by atoms with Gasteiger partial charge in [0.25, 0.3) is 0 Å². The Morgan fingerprint density at radius 2 is 2.00 bits per heavy atom. The summed E-state index contributed by atoms with van der Waals surface area (Å²) in [6.07, 6.45) is 0.474. The molecule has 0 bridgehead atoms. The third-order valence-electron chi connectivity index (χ3n) is 2.89. The van der Waals surface area contributed by atoms with Gasteiger partial charge < -0.3 is 14.6 Å². The van der Waals surface area contributed by atoms with Crippen LogP contribution in [-0.2, 0) is 11.2 Å². The molecule has 20 heavy (non-hydrogen) atoms. The minimum absolute atomic E-state index is 0.119. The number of hydrogen-bond donors (Lipinski definition) is 1. The Labute approximate surface area is 121 Å². The van der Waals surface area contributed by atoms with Gasteiger partial charge in [-0.3, -0.25) is 4.79 Å². The first-order valence-corrected chi connectivity index (χ1v) is 7.09. The maximum Gasteiger partial charge on any atom is 0.310 e. The van der Waals surface area contributed by atoms with E-state index in [-0.39, 0.29) is 6.61 Å². The average Bonchev–Trinajstić information content (AvgIpc) is 2.96. The summed E-state index contributed by atoms with van der Waals surface area (Å²) in [5, 5.41) is 11.2. The molecule has 106 valence electrons. The summed E-state index contributed by atoms with van der Waals surface area (Å²) in [7, 11) is 1.56. The Kier molecular flexibility index (Phi) is 5.01. The van der Waals surface area contributed by atoms with Gasteiger partial charge in [-0.1, -0.05) is 18.2 Å². The van der Waals surface area contributed by atoms with Gasteiger partial charge in [0.2, 0.25) is 0 Å². The van der Waals surface area contributed by atoms with Gasteiger partial charge in [-0.2, -0.15) is 0 Å². The SMILES string of the molecule is COc1ccccc1OCC(Cc1cccs1)C(=O)O. The number of rotatable bonds is 7. The third kappa shape index (κ3) is 3.74. The molecule has 0 saturated carbocycles. The molecule has 0 aliphatic heterocycles. The van der Waals surface area contributed by atoms with E-state index in [1.165, 1.54) is 0 Å². The summed E-state index contributed by atoms with van der Waals surface area (Å²) in [5.74, 6) is -0.257. The second-order valence-corrected chi connectivity index (χ2v) is 5.31. The maximum absolute atomic E-state index is 11.3. The van der Waals surface area contributed by atoms with Crippen LogP contribution in [0.5, 0.6) is 11.5 Å². The van der Waals surface area contributed by atoms with E-state index >= 15 is 0 Å². The Morgan fingerprint density at radius 3 is 2.60 bits per heavy atom. The fourth-order valence-corrected chi connectivity index (χ4v) is 2.60. The number of thiophene rings is 1. The molecular weight excluding hydrogens is 276 g/mol. The quantitative estimate of drug-likeness (QED) is 0.852. The number of benzene rings is 1. The van der Waals surface area contributed by atoms with E-state index in [0.717, 1.165) is 4.88 Å². The minimum Gasteiger partial charge on any atom is -0.493 e. The van der Waals surface area contributed by atoms with Crippen molar-refractivity contribution < 1.29 is 19.4 Å². The molecule has 2 rings (SSSR count). The summed E-state index contributed by atoms with van der Waals surface area (Å²) in [5.41, 5.74) is 0. The molecule has 0 radical (unpaired) electrons. The summed E-state index contributed by atoms with van der Waals surface area (Å²) in [6, 6.07) is 11.1. The van der Waals surface area contributed by atoms with Crippen LogP contribution in [0.15, 0.2) is 41.8 Å². The first-order chi connectivity index (χ1) is 9.70. The number of carboxylic acids is 1. The highest BCUT2D eigenvalue weighted by molar-refractivity contribution is 7.09. The van der Waals surface area contributed by atoms with Crippen LogP contribution in [0.1, 0.15) is 4.88 Å². The number of methoxy groups -OCH3 is 1. The minimum atomic E-state index is -0.853. The monoisotopic (exact) mass is 292 g/mol. The first-order valence-electron chi connectivity index (χ1n) is 6.21. The first kappa shape index (κ1) is 14.4. The lowest BCUT2D eigenvalue weighted by molar-refractivity contribution is -0.142. The Morgan fingerprint density at radius 1 is 1.25 bits per heavy atom. The lowest BCUT2D eigenvalue weighted by atomic mass is 10.1. The predicted octanol–water partition coefficient (Wildman–Crippen LogP) is 3.08. The Hall–Kier alpha value is -2.01. The van der Waals surface area contributed by atoms with Crippen LogP contribution in [0.3, 0.4) is 0 Å². The van der Waals surface area contributed by atoms with Gasteiger partial charge >= 0.3 is 5.97 Å². The molecule has 0 amide bonds. The standard InChI is InChI=1S/C15H16O4S/c1-18-13-6-2-3-7-14(13)19-10-11(15(16)17)9-12-5-4-8-20-12/h2-8,11H,9-10H2,1H3,(H,16,17). The highest BCUT2D eigenvalue weighted by Crippen LogP contribution is 2.26. The molecule has 0 saturated heterocycles. The molecule has 1 heterocycles. The number of aliphatic carboxylic acids is 1.